The van der Waals surface area contributed by atoms with Crippen molar-refractivity contribution in [2.24, 2.45) is 0 Å². The number of anilines is 1. The van der Waals surface area contributed by atoms with Crippen LogP contribution in [0, 0.1) is 11.6 Å². The summed E-state index contributed by atoms with van der Waals surface area (Å²) in [4.78, 5) is 22.4. The van der Waals surface area contributed by atoms with E-state index in [1.165, 1.54) is 41.3 Å². The number of carbonyl (C=O) groups is 1. The third kappa shape index (κ3) is 6.39. The molecule has 0 aliphatic carbocycles. The van der Waals surface area contributed by atoms with Gasteiger partial charge in [0.2, 0.25) is 5.91 Å². The Kier molecular flexibility index (Phi) is 9.24. The van der Waals surface area contributed by atoms with Crippen LogP contribution < -0.4 is 4.90 Å². The monoisotopic (exact) mass is 499 g/mol. The molecule has 0 N–H and O–H groups in total. The van der Waals surface area contributed by atoms with Crippen LogP contribution in [0.2, 0.25) is 0 Å². The second-order valence-corrected chi connectivity index (χ2v) is 9.31. The van der Waals surface area contributed by atoms with Gasteiger partial charge in [0.1, 0.15) is 17.2 Å². The molecule has 0 bridgehead atoms. The van der Waals surface area contributed by atoms with Crippen LogP contribution in [0.3, 0.4) is 0 Å². The first-order valence-electron chi connectivity index (χ1n) is 10.1. The maximum Gasteiger partial charge on any atom is 0.229 e. The van der Waals surface area contributed by atoms with E-state index in [9.17, 15) is 13.6 Å². The van der Waals surface area contributed by atoms with E-state index in [0.717, 1.165) is 22.7 Å². The topological polar surface area (TPSA) is 45.7 Å². The lowest BCUT2D eigenvalue weighted by atomic mass is 10.3. The van der Waals surface area contributed by atoms with Gasteiger partial charge in [-0.25, -0.2) is 13.8 Å². The van der Waals surface area contributed by atoms with Crippen LogP contribution in [-0.4, -0.2) is 60.9 Å². The molecule has 1 amide bonds. The number of carbonyl (C=O) groups excluding carboxylic acids is 1. The first kappa shape index (κ1) is 24.9. The molecule has 2 heterocycles. The lowest BCUT2D eigenvalue weighted by Crippen LogP contribution is -2.43. The van der Waals surface area contributed by atoms with Crippen molar-refractivity contribution >= 4 is 56.8 Å². The zero-order valence-electron chi connectivity index (χ0n) is 17.3. The number of ether oxygens (including phenoxy) is 1. The van der Waals surface area contributed by atoms with Crippen LogP contribution >= 0.6 is 35.5 Å². The average molecular weight is 500 g/mol. The molecule has 0 spiro atoms. The van der Waals surface area contributed by atoms with Gasteiger partial charge in [-0.05, 0) is 36.4 Å². The molecule has 1 aliphatic rings. The molecule has 0 radical (unpaired) electrons. The summed E-state index contributed by atoms with van der Waals surface area (Å²) in [6.45, 7) is 4.23. The number of amides is 1. The van der Waals surface area contributed by atoms with E-state index in [1.807, 2.05) is 6.07 Å². The Morgan fingerprint density at radius 3 is 2.62 bits per heavy atom. The van der Waals surface area contributed by atoms with Crippen molar-refractivity contribution in [1.29, 1.82) is 0 Å². The lowest BCUT2D eigenvalue weighted by Gasteiger charge is -2.29. The summed E-state index contributed by atoms with van der Waals surface area (Å²) in [5.74, 6) is -0.148. The second-order valence-electron chi connectivity index (χ2n) is 7.13. The van der Waals surface area contributed by atoms with E-state index in [-0.39, 0.29) is 29.9 Å². The van der Waals surface area contributed by atoms with E-state index >= 15 is 0 Å². The number of hydrogen-bond acceptors (Lipinski definition) is 6. The number of thiazole rings is 1. The van der Waals surface area contributed by atoms with Gasteiger partial charge in [0.25, 0.3) is 0 Å². The minimum Gasteiger partial charge on any atom is -0.379 e. The number of hydrogen-bond donors (Lipinski definition) is 0. The summed E-state index contributed by atoms with van der Waals surface area (Å²) in [6, 6.07) is 11.1. The smallest absolute Gasteiger partial charge is 0.229 e. The van der Waals surface area contributed by atoms with E-state index in [1.54, 1.807) is 23.1 Å². The van der Waals surface area contributed by atoms with E-state index in [4.69, 9.17) is 4.74 Å². The first-order valence-corrected chi connectivity index (χ1v) is 11.9. The van der Waals surface area contributed by atoms with Crippen LogP contribution in [0.25, 0.3) is 10.2 Å². The summed E-state index contributed by atoms with van der Waals surface area (Å²) in [6.07, 6.45) is 0.309. The molecule has 3 aromatic rings. The molecule has 172 valence electrons. The Morgan fingerprint density at radius 2 is 1.91 bits per heavy atom. The molecule has 10 heteroatoms. The zero-order chi connectivity index (χ0) is 21.6. The number of thioether (sulfide) groups is 1. The number of morpholine rings is 1. The van der Waals surface area contributed by atoms with E-state index in [2.05, 4.69) is 9.88 Å². The Balaban J connectivity index is 0.00000289. The predicted octanol–water partition coefficient (Wildman–Crippen LogP) is 4.84. The zero-order valence-corrected chi connectivity index (χ0v) is 19.8. The lowest BCUT2D eigenvalue weighted by molar-refractivity contribution is -0.118. The standard InChI is InChI=1S/C22H23F2N3O2S2.ClH/c23-16-4-6-17(7-5-16)30-15-8-20(28)27(10-9-26-11-13-29-14-12-26)22-25-21-18(24)2-1-3-19(21)31-22;/h1-7H,8-15H2;1H. The van der Waals surface area contributed by atoms with Gasteiger partial charge < -0.3 is 4.74 Å². The minimum absolute atomic E-state index is 0. The number of benzene rings is 2. The normalized spacial score (nSPS) is 14.3. The molecule has 2 aromatic carbocycles. The summed E-state index contributed by atoms with van der Waals surface area (Å²) >= 11 is 2.83. The number of aromatic nitrogens is 1. The number of halogens is 3. The van der Waals surface area contributed by atoms with Gasteiger partial charge >= 0.3 is 0 Å². The molecule has 1 aliphatic heterocycles. The number of nitrogens with zero attached hydrogens (tertiary/aromatic N) is 3. The third-order valence-electron chi connectivity index (χ3n) is 5.03. The Labute approximate surface area is 200 Å². The van der Waals surface area contributed by atoms with Crippen molar-refractivity contribution in [2.75, 3.05) is 50.0 Å². The Bertz CT molecular complexity index is 1030. The van der Waals surface area contributed by atoms with Gasteiger partial charge in [0, 0.05) is 43.2 Å². The Hall–Kier alpha value is -1.78. The van der Waals surface area contributed by atoms with Gasteiger partial charge in [0.15, 0.2) is 5.13 Å². The maximum absolute atomic E-state index is 14.1. The van der Waals surface area contributed by atoms with Crippen molar-refractivity contribution in [1.82, 2.24) is 9.88 Å². The summed E-state index contributed by atoms with van der Waals surface area (Å²) in [7, 11) is 0. The molecule has 0 atom stereocenters. The van der Waals surface area contributed by atoms with Crippen LogP contribution in [0.4, 0.5) is 13.9 Å². The fourth-order valence-electron chi connectivity index (χ4n) is 3.33. The number of rotatable bonds is 8. The fourth-order valence-corrected chi connectivity index (χ4v) is 5.20. The van der Waals surface area contributed by atoms with Crippen molar-refractivity contribution < 1.29 is 18.3 Å². The maximum atomic E-state index is 14.1. The fraction of sp³-hybridized carbons (Fsp3) is 0.364. The van der Waals surface area contributed by atoms with Gasteiger partial charge in [-0.2, -0.15) is 0 Å². The summed E-state index contributed by atoms with van der Waals surface area (Å²) in [5, 5.41) is 0.519. The first-order chi connectivity index (χ1) is 15.1. The van der Waals surface area contributed by atoms with Gasteiger partial charge in [-0.3, -0.25) is 14.6 Å². The largest absolute Gasteiger partial charge is 0.379 e. The van der Waals surface area contributed by atoms with Gasteiger partial charge in [0.05, 0.1) is 17.9 Å². The molecule has 4 rings (SSSR count). The summed E-state index contributed by atoms with van der Waals surface area (Å²) < 4.78 is 33.3. The highest BCUT2D eigenvalue weighted by atomic mass is 35.5. The van der Waals surface area contributed by atoms with Gasteiger partial charge in [-0.15, -0.1) is 24.2 Å². The van der Waals surface area contributed by atoms with E-state index < -0.39 is 0 Å². The highest BCUT2D eigenvalue weighted by molar-refractivity contribution is 7.99. The average Bonchev–Trinajstić information content (AvgIpc) is 3.21. The minimum atomic E-state index is -0.382. The molecule has 1 aromatic heterocycles. The molecular weight excluding hydrogens is 476 g/mol. The van der Waals surface area contributed by atoms with Crippen LogP contribution in [0.5, 0.6) is 0 Å². The quantitative estimate of drug-likeness (QED) is 0.415. The number of fused-ring (bicyclic) bond motifs is 1. The highest BCUT2D eigenvalue weighted by Crippen LogP contribution is 2.31. The molecule has 5 nitrogen and oxygen atoms in total. The predicted molar refractivity (Wildman–Crippen MR) is 128 cm³/mol. The Morgan fingerprint density at radius 1 is 1.16 bits per heavy atom. The van der Waals surface area contributed by atoms with Crippen molar-refractivity contribution in [3.05, 3.63) is 54.1 Å². The van der Waals surface area contributed by atoms with Crippen molar-refractivity contribution in [3.8, 4) is 0 Å². The molecule has 0 saturated carbocycles. The van der Waals surface area contributed by atoms with Crippen LogP contribution in [0.15, 0.2) is 47.4 Å². The second kappa shape index (κ2) is 11.9. The molecule has 32 heavy (non-hydrogen) atoms. The highest BCUT2D eigenvalue weighted by Gasteiger charge is 2.22. The molecule has 1 saturated heterocycles. The summed E-state index contributed by atoms with van der Waals surface area (Å²) in [5.41, 5.74) is 0.298. The molecule has 0 unspecified atom stereocenters. The van der Waals surface area contributed by atoms with Crippen LogP contribution in [-0.2, 0) is 9.53 Å². The molecular formula is C22H24ClF2N3O2S2. The SMILES string of the molecule is Cl.O=C(CCSc1ccc(F)cc1)N(CCN1CCOCC1)c1nc2c(F)cccc2s1. The van der Waals surface area contributed by atoms with Crippen LogP contribution in [0.1, 0.15) is 6.42 Å². The van der Waals surface area contributed by atoms with Crippen molar-refractivity contribution in [3.63, 3.8) is 0 Å². The molecule has 1 fully saturated rings. The van der Waals surface area contributed by atoms with Crippen molar-refractivity contribution in [2.45, 2.75) is 11.3 Å². The number of para-hydroxylation sites is 1. The van der Waals surface area contributed by atoms with Gasteiger partial charge in [-0.1, -0.05) is 17.4 Å². The van der Waals surface area contributed by atoms with E-state index in [0.29, 0.717) is 49.1 Å². The third-order valence-corrected chi connectivity index (χ3v) is 7.09.